The lowest BCUT2D eigenvalue weighted by molar-refractivity contribution is 0.0511. The van der Waals surface area contributed by atoms with Gasteiger partial charge in [-0.15, -0.1) is 0 Å². The summed E-state index contributed by atoms with van der Waals surface area (Å²) < 4.78 is 16.4. The lowest BCUT2D eigenvalue weighted by Crippen LogP contribution is -2.15. The smallest absolute Gasteiger partial charge is 0.341 e. The molecule has 0 aliphatic rings. The summed E-state index contributed by atoms with van der Waals surface area (Å²) in [4.78, 5) is 14.9. The van der Waals surface area contributed by atoms with Crippen LogP contribution >= 0.6 is 0 Å². The second kappa shape index (κ2) is 12.3. The Bertz CT molecular complexity index is 1520. The van der Waals surface area contributed by atoms with Gasteiger partial charge in [-0.25, -0.2) is 0 Å². The molecule has 0 atom stereocenters. The summed E-state index contributed by atoms with van der Waals surface area (Å²) in [7, 11) is 4.90. The van der Waals surface area contributed by atoms with Crippen LogP contribution in [0.25, 0.3) is 21.9 Å². The van der Waals surface area contributed by atoms with Gasteiger partial charge in [-0.05, 0) is 92.7 Å². The second-order valence-electron chi connectivity index (χ2n) is 11.0. The quantitative estimate of drug-likeness (QED) is 0.122. The molecule has 4 aromatic rings. The molecule has 0 fully saturated rings. The second-order valence-corrected chi connectivity index (χ2v) is 11.2. The number of fused-ring (bicyclic) bond motifs is 1. The van der Waals surface area contributed by atoms with Crippen LogP contribution in [0.5, 0.6) is 17.2 Å². The average molecular weight is 554 g/mol. The normalized spacial score (nSPS) is 11.6. The SMILES string of the molecule is COCOc1ccc(-c2ccc3cc(O)ccc3c2C(=O)c2cc(C(C)C)c(O[Si])c(C(C)C)c2C(C)C)cc1. The Morgan fingerprint density at radius 1 is 0.850 bits per heavy atom. The highest BCUT2D eigenvalue weighted by molar-refractivity contribution is 6.21. The van der Waals surface area contributed by atoms with Gasteiger partial charge in [0, 0.05) is 18.2 Å². The molecule has 0 unspecified atom stereocenters. The van der Waals surface area contributed by atoms with Crippen LogP contribution in [-0.4, -0.2) is 35.3 Å². The van der Waals surface area contributed by atoms with E-state index in [9.17, 15) is 9.90 Å². The molecule has 4 aromatic carbocycles. The summed E-state index contributed by atoms with van der Waals surface area (Å²) in [5.74, 6) is 1.93. The highest BCUT2D eigenvalue weighted by Crippen LogP contribution is 2.44. The molecule has 0 aromatic heterocycles. The topological polar surface area (TPSA) is 65.0 Å². The zero-order valence-electron chi connectivity index (χ0n) is 24.3. The lowest BCUT2D eigenvalue weighted by atomic mass is 9.79. The monoisotopic (exact) mass is 553 g/mol. The minimum absolute atomic E-state index is 0.0565. The molecule has 0 bridgehead atoms. The predicted octanol–water partition coefficient (Wildman–Crippen LogP) is 8.26. The standard InChI is InChI=1S/C34H37O5Si/c1-19(2)28-17-29(30(20(3)4)31(21(5)6)34(28)39-40)33(36)32-26(14-10-23-16-24(35)11-15-27(23)32)22-8-12-25(13-9-22)38-18-37-7/h8-17,19-21,35H,18H2,1-7H3. The van der Waals surface area contributed by atoms with Crippen molar-refractivity contribution in [2.45, 2.75) is 59.3 Å². The third-order valence-electron chi connectivity index (χ3n) is 7.25. The number of ketones is 1. The van der Waals surface area contributed by atoms with E-state index < -0.39 is 0 Å². The van der Waals surface area contributed by atoms with E-state index in [1.807, 2.05) is 48.5 Å². The minimum atomic E-state index is -0.0565. The van der Waals surface area contributed by atoms with Crippen molar-refractivity contribution in [3.05, 3.63) is 88.5 Å². The zero-order chi connectivity index (χ0) is 29.1. The number of rotatable bonds is 10. The van der Waals surface area contributed by atoms with Crippen LogP contribution in [0.2, 0.25) is 0 Å². The first-order valence-corrected chi connectivity index (χ1v) is 14.1. The molecule has 0 aliphatic heterocycles. The van der Waals surface area contributed by atoms with Gasteiger partial charge in [-0.1, -0.05) is 65.8 Å². The van der Waals surface area contributed by atoms with Crippen LogP contribution in [0.15, 0.2) is 60.7 Å². The van der Waals surface area contributed by atoms with Crippen LogP contribution in [0.3, 0.4) is 0 Å². The molecule has 0 saturated heterocycles. The number of carbonyl (C=O) groups excluding carboxylic acids is 1. The van der Waals surface area contributed by atoms with E-state index in [0.29, 0.717) is 16.9 Å². The van der Waals surface area contributed by atoms with Crippen molar-refractivity contribution < 1.29 is 23.8 Å². The van der Waals surface area contributed by atoms with Crippen LogP contribution in [0.4, 0.5) is 0 Å². The molecule has 1 N–H and O–H groups in total. The fourth-order valence-corrected chi connectivity index (χ4v) is 5.67. The molecule has 0 spiro atoms. The molecule has 0 heterocycles. The Kier molecular flexibility index (Phi) is 9.01. The van der Waals surface area contributed by atoms with E-state index in [1.165, 1.54) is 0 Å². The number of carbonyl (C=O) groups is 1. The van der Waals surface area contributed by atoms with Gasteiger partial charge in [0.15, 0.2) is 12.6 Å². The molecule has 0 aliphatic carbocycles. The van der Waals surface area contributed by atoms with Crippen LogP contribution in [0.1, 0.15) is 91.9 Å². The van der Waals surface area contributed by atoms with E-state index in [1.54, 1.807) is 19.2 Å². The van der Waals surface area contributed by atoms with Crippen LogP contribution in [0, 0.1) is 0 Å². The number of ether oxygens (including phenoxy) is 2. The van der Waals surface area contributed by atoms with Crippen molar-refractivity contribution in [1.29, 1.82) is 0 Å². The van der Waals surface area contributed by atoms with Gasteiger partial charge in [-0.2, -0.15) is 0 Å². The molecule has 0 amide bonds. The third-order valence-corrected chi connectivity index (χ3v) is 7.45. The molecule has 6 heteroatoms. The van der Waals surface area contributed by atoms with Crippen molar-refractivity contribution in [3.8, 4) is 28.4 Å². The first kappa shape index (κ1) is 29.4. The third kappa shape index (κ3) is 5.65. The fraction of sp³-hybridized carbons (Fsp3) is 0.324. The maximum absolute atomic E-state index is 14.9. The highest BCUT2D eigenvalue weighted by atomic mass is 28.2. The average Bonchev–Trinajstić information content (AvgIpc) is 2.93. The van der Waals surface area contributed by atoms with Gasteiger partial charge in [0.05, 0.1) is 0 Å². The van der Waals surface area contributed by atoms with Gasteiger partial charge < -0.3 is 19.0 Å². The van der Waals surface area contributed by atoms with E-state index in [4.69, 9.17) is 13.9 Å². The highest BCUT2D eigenvalue weighted by Gasteiger charge is 2.29. The minimum Gasteiger partial charge on any atom is -0.540 e. The number of hydrogen-bond donors (Lipinski definition) is 1. The van der Waals surface area contributed by atoms with Crippen molar-refractivity contribution in [2.75, 3.05) is 13.9 Å². The first-order chi connectivity index (χ1) is 19.1. The van der Waals surface area contributed by atoms with Gasteiger partial charge in [0.2, 0.25) is 0 Å². The summed E-state index contributed by atoms with van der Waals surface area (Å²) in [6.45, 7) is 12.9. The Morgan fingerprint density at radius 3 is 2.10 bits per heavy atom. The molecule has 40 heavy (non-hydrogen) atoms. The molecule has 207 valence electrons. The van der Waals surface area contributed by atoms with Crippen molar-refractivity contribution in [3.63, 3.8) is 0 Å². The van der Waals surface area contributed by atoms with Crippen molar-refractivity contribution >= 4 is 27.0 Å². The maximum atomic E-state index is 14.9. The van der Waals surface area contributed by atoms with Gasteiger partial charge in [0.1, 0.15) is 17.2 Å². The van der Waals surface area contributed by atoms with E-state index in [2.05, 4.69) is 52.0 Å². The van der Waals surface area contributed by atoms with Gasteiger partial charge in [-0.3, -0.25) is 4.79 Å². The number of phenolic OH excluding ortho intramolecular Hbond substituents is 1. The molecular weight excluding hydrogens is 516 g/mol. The maximum Gasteiger partial charge on any atom is 0.341 e. The summed E-state index contributed by atoms with van der Waals surface area (Å²) in [6, 6.07) is 18.7. The van der Waals surface area contributed by atoms with E-state index >= 15 is 0 Å². The molecule has 5 nitrogen and oxygen atoms in total. The predicted molar refractivity (Wildman–Crippen MR) is 162 cm³/mol. The first-order valence-electron chi connectivity index (χ1n) is 13.7. The largest absolute Gasteiger partial charge is 0.540 e. The molecular formula is C34H37O5Si. The Balaban J connectivity index is 2.04. The summed E-state index contributed by atoms with van der Waals surface area (Å²) in [6.07, 6.45) is 0. The van der Waals surface area contributed by atoms with Crippen LogP contribution in [-0.2, 0) is 4.74 Å². The van der Waals surface area contributed by atoms with Gasteiger partial charge >= 0.3 is 10.5 Å². The number of methoxy groups -OCH3 is 1. The molecule has 4 rings (SSSR count). The van der Waals surface area contributed by atoms with Gasteiger partial charge in [0.25, 0.3) is 0 Å². The summed E-state index contributed by atoms with van der Waals surface area (Å²) >= 11 is 0. The molecule has 3 radical (unpaired) electrons. The fourth-order valence-electron chi connectivity index (χ4n) is 5.44. The number of phenols is 1. The number of benzene rings is 4. The van der Waals surface area contributed by atoms with Crippen molar-refractivity contribution in [2.24, 2.45) is 0 Å². The Morgan fingerprint density at radius 2 is 1.52 bits per heavy atom. The number of aromatic hydroxyl groups is 1. The lowest BCUT2D eigenvalue weighted by Gasteiger charge is -2.27. The number of hydrogen-bond acceptors (Lipinski definition) is 5. The van der Waals surface area contributed by atoms with E-state index in [-0.39, 0.29) is 36.1 Å². The summed E-state index contributed by atoms with van der Waals surface area (Å²) in [5.41, 5.74) is 5.99. The van der Waals surface area contributed by atoms with Crippen molar-refractivity contribution in [1.82, 2.24) is 0 Å². The Hall–Kier alpha value is -3.61. The van der Waals surface area contributed by atoms with E-state index in [0.717, 1.165) is 44.3 Å². The summed E-state index contributed by atoms with van der Waals surface area (Å²) in [5, 5.41) is 11.8. The van der Waals surface area contributed by atoms with Crippen LogP contribution < -0.4 is 9.16 Å². The zero-order valence-corrected chi connectivity index (χ0v) is 25.3. The molecule has 0 saturated carbocycles. The Labute approximate surface area is 240 Å².